The smallest absolute Gasteiger partial charge is 0.307 e. The summed E-state index contributed by atoms with van der Waals surface area (Å²) in [7, 11) is -2.14. The van der Waals surface area contributed by atoms with Crippen molar-refractivity contribution >= 4 is 33.3 Å². The normalized spacial score (nSPS) is 14.2. The molecule has 1 amide bonds. The average molecular weight is 466 g/mol. The zero-order valence-electron chi connectivity index (χ0n) is 18.0. The van der Waals surface area contributed by atoms with Crippen molar-refractivity contribution in [3.63, 3.8) is 0 Å². The van der Waals surface area contributed by atoms with E-state index < -0.39 is 28.5 Å². The summed E-state index contributed by atoms with van der Waals surface area (Å²) in [5.41, 5.74) is 1.63. The molecule has 0 spiro atoms. The molecule has 1 saturated heterocycles. The number of carbonyl (C=O) groups is 2. The van der Waals surface area contributed by atoms with E-state index in [1.807, 2.05) is 12.1 Å². The fraction of sp³-hybridized carbons (Fsp3) is 0.450. The molecule has 12 heteroatoms. The number of esters is 1. The van der Waals surface area contributed by atoms with Crippen LogP contribution in [0.25, 0.3) is 0 Å². The van der Waals surface area contributed by atoms with Crippen LogP contribution in [0.15, 0.2) is 35.5 Å². The van der Waals surface area contributed by atoms with Gasteiger partial charge in [-0.25, -0.2) is 18.1 Å². The number of nitrogens with one attached hydrogen (secondary N) is 2. The van der Waals surface area contributed by atoms with Crippen molar-refractivity contribution in [1.82, 2.24) is 14.3 Å². The van der Waals surface area contributed by atoms with E-state index >= 15 is 0 Å². The highest BCUT2D eigenvalue weighted by Gasteiger charge is 2.19. The standard InChI is InChI=1S/C20H27N5O6S/c1-15-22-19(13-24(15)2)32(28,29)21-8-7-20(27)31-14-18(26)23-16-3-5-17(6-4-16)25-9-11-30-12-10-25/h3-6,13,21H,7-12,14H2,1-2H3,(H,23,26). The van der Waals surface area contributed by atoms with Gasteiger partial charge in [0.2, 0.25) is 0 Å². The molecule has 1 aliphatic heterocycles. The molecule has 2 heterocycles. The van der Waals surface area contributed by atoms with E-state index in [4.69, 9.17) is 9.47 Å². The quantitative estimate of drug-likeness (QED) is 0.509. The Balaban J connectivity index is 1.37. The van der Waals surface area contributed by atoms with Crippen LogP contribution in [0.5, 0.6) is 0 Å². The van der Waals surface area contributed by atoms with Gasteiger partial charge < -0.3 is 24.3 Å². The number of rotatable bonds is 9. The topological polar surface area (TPSA) is 132 Å². The van der Waals surface area contributed by atoms with Gasteiger partial charge >= 0.3 is 5.97 Å². The third kappa shape index (κ3) is 6.52. The molecule has 3 rings (SSSR count). The molecule has 0 saturated carbocycles. The number of ether oxygens (including phenoxy) is 2. The van der Waals surface area contributed by atoms with Gasteiger partial charge in [0.25, 0.3) is 15.9 Å². The zero-order chi connectivity index (χ0) is 23.1. The Morgan fingerprint density at radius 3 is 2.50 bits per heavy atom. The molecular weight excluding hydrogens is 438 g/mol. The number of aromatic nitrogens is 2. The second kappa shape index (κ2) is 10.6. The Labute approximate surface area is 186 Å². The Hall–Kier alpha value is -2.96. The maximum absolute atomic E-state index is 12.2. The summed E-state index contributed by atoms with van der Waals surface area (Å²) in [4.78, 5) is 30.0. The highest BCUT2D eigenvalue weighted by molar-refractivity contribution is 7.89. The number of hydrogen-bond acceptors (Lipinski definition) is 8. The lowest BCUT2D eigenvalue weighted by atomic mass is 10.2. The number of nitrogens with zero attached hydrogens (tertiary/aromatic N) is 3. The largest absolute Gasteiger partial charge is 0.456 e. The average Bonchev–Trinajstić information content (AvgIpc) is 3.12. The maximum atomic E-state index is 12.2. The molecule has 0 radical (unpaired) electrons. The highest BCUT2D eigenvalue weighted by Crippen LogP contribution is 2.19. The number of aryl methyl sites for hydroxylation is 2. The molecular formula is C20H27N5O6S. The number of hydrogen-bond donors (Lipinski definition) is 2. The predicted molar refractivity (Wildman–Crippen MR) is 117 cm³/mol. The van der Waals surface area contributed by atoms with Crippen LogP contribution in [-0.4, -0.2) is 69.3 Å². The molecule has 1 aromatic carbocycles. The molecule has 2 N–H and O–H groups in total. The number of amides is 1. The predicted octanol–water partition coefficient (Wildman–Crippen LogP) is 0.415. The molecule has 0 aliphatic carbocycles. The lowest BCUT2D eigenvalue weighted by Crippen LogP contribution is -2.36. The lowest BCUT2D eigenvalue weighted by molar-refractivity contribution is -0.147. The van der Waals surface area contributed by atoms with Crippen LogP contribution in [0.3, 0.4) is 0 Å². The minimum atomic E-state index is -3.82. The van der Waals surface area contributed by atoms with Gasteiger partial charge in [-0.05, 0) is 31.2 Å². The number of sulfonamides is 1. The van der Waals surface area contributed by atoms with Crippen LogP contribution in [0, 0.1) is 6.92 Å². The van der Waals surface area contributed by atoms with Crippen molar-refractivity contribution in [3.05, 3.63) is 36.3 Å². The summed E-state index contributed by atoms with van der Waals surface area (Å²) in [5, 5.41) is 2.53. The minimum absolute atomic E-state index is 0.120. The van der Waals surface area contributed by atoms with E-state index in [-0.39, 0.29) is 18.0 Å². The summed E-state index contributed by atoms with van der Waals surface area (Å²) < 4.78 is 38.4. The van der Waals surface area contributed by atoms with Crippen LogP contribution < -0.4 is 14.9 Å². The van der Waals surface area contributed by atoms with Crippen molar-refractivity contribution in [2.24, 2.45) is 7.05 Å². The SMILES string of the molecule is Cc1nc(S(=O)(=O)NCCC(=O)OCC(=O)Nc2ccc(N3CCOCC3)cc2)cn1C. The molecule has 0 unspecified atom stereocenters. The van der Waals surface area contributed by atoms with E-state index in [2.05, 4.69) is 19.9 Å². The molecule has 1 aliphatic rings. The number of morpholine rings is 1. The van der Waals surface area contributed by atoms with Gasteiger partial charge in [-0.1, -0.05) is 0 Å². The van der Waals surface area contributed by atoms with Gasteiger partial charge in [-0.2, -0.15) is 0 Å². The third-order valence-corrected chi connectivity index (χ3v) is 6.21. The molecule has 1 fully saturated rings. The lowest BCUT2D eigenvalue weighted by Gasteiger charge is -2.28. The Bertz CT molecular complexity index is 1030. The number of imidazole rings is 1. The molecule has 11 nitrogen and oxygen atoms in total. The van der Waals surface area contributed by atoms with Gasteiger partial charge in [0.15, 0.2) is 11.6 Å². The van der Waals surface area contributed by atoms with Gasteiger partial charge in [-0.15, -0.1) is 0 Å². The molecule has 174 valence electrons. The first kappa shape index (κ1) is 23.7. The summed E-state index contributed by atoms with van der Waals surface area (Å²) in [6.45, 7) is 4.07. The Morgan fingerprint density at radius 1 is 1.19 bits per heavy atom. The first-order chi connectivity index (χ1) is 15.2. The van der Waals surface area contributed by atoms with Crippen LogP contribution in [-0.2, 0) is 36.1 Å². The second-order valence-corrected chi connectivity index (χ2v) is 8.95. The summed E-state index contributed by atoms with van der Waals surface area (Å²) in [6, 6.07) is 7.36. The monoisotopic (exact) mass is 465 g/mol. The molecule has 2 aromatic rings. The van der Waals surface area contributed by atoms with Crippen LogP contribution in [0.2, 0.25) is 0 Å². The van der Waals surface area contributed by atoms with E-state index in [0.29, 0.717) is 24.7 Å². The Morgan fingerprint density at radius 2 is 1.88 bits per heavy atom. The first-order valence-electron chi connectivity index (χ1n) is 10.1. The molecule has 1 aromatic heterocycles. The summed E-state index contributed by atoms with van der Waals surface area (Å²) >= 11 is 0. The van der Waals surface area contributed by atoms with E-state index in [1.165, 1.54) is 6.20 Å². The van der Waals surface area contributed by atoms with Gasteiger partial charge in [0, 0.05) is 44.3 Å². The fourth-order valence-electron chi connectivity index (χ4n) is 3.01. The Kier molecular flexibility index (Phi) is 7.83. The van der Waals surface area contributed by atoms with Gasteiger partial charge in [0.05, 0.1) is 19.6 Å². The molecule has 32 heavy (non-hydrogen) atoms. The minimum Gasteiger partial charge on any atom is -0.456 e. The second-order valence-electron chi connectivity index (χ2n) is 7.24. The van der Waals surface area contributed by atoms with Crippen LogP contribution in [0.4, 0.5) is 11.4 Å². The van der Waals surface area contributed by atoms with E-state index in [9.17, 15) is 18.0 Å². The third-order valence-electron chi connectivity index (χ3n) is 4.87. The van der Waals surface area contributed by atoms with Crippen molar-refractivity contribution in [3.8, 4) is 0 Å². The number of carbonyl (C=O) groups excluding carboxylic acids is 2. The summed E-state index contributed by atoms with van der Waals surface area (Å²) in [5.74, 6) is -0.628. The van der Waals surface area contributed by atoms with Crippen LogP contribution >= 0.6 is 0 Å². The van der Waals surface area contributed by atoms with Crippen molar-refractivity contribution < 1.29 is 27.5 Å². The maximum Gasteiger partial charge on any atom is 0.307 e. The number of benzene rings is 1. The van der Waals surface area contributed by atoms with E-state index in [1.54, 1.807) is 30.7 Å². The van der Waals surface area contributed by atoms with Crippen molar-refractivity contribution in [1.29, 1.82) is 0 Å². The van der Waals surface area contributed by atoms with Crippen molar-refractivity contribution in [2.45, 2.75) is 18.4 Å². The van der Waals surface area contributed by atoms with E-state index in [0.717, 1.165) is 18.8 Å². The van der Waals surface area contributed by atoms with Gasteiger partial charge in [-0.3, -0.25) is 9.59 Å². The fourth-order valence-corrected chi connectivity index (χ4v) is 4.08. The van der Waals surface area contributed by atoms with Crippen molar-refractivity contribution in [2.75, 3.05) is 49.7 Å². The zero-order valence-corrected chi connectivity index (χ0v) is 18.9. The highest BCUT2D eigenvalue weighted by atomic mass is 32.2. The number of anilines is 2. The summed E-state index contributed by atoms with van der Waals surface area (Å²) in [6.07, 6.45) is 1.17. The molecule has 0 bridgehead atoms. The van der Waals surface area contributed by atoms with Crippen LogP contribution in [0.1, 0.15) is 12.2 Å². The first-order valence-corrected chi connectivity index (χ1v) is 11.6. The van der Waals surface area contributed by atoms with Gasteiger partial charge in [0.1, 0.15) is 5.82 Å². The molecule has 0 atom stereocenters.